The topological polar surface area (TPSA) is 83.1 Å². The number of methoxy groups -OCH3 is 1. The first-order valence-corrected chi connectivity index (χ1v) is 8.61. The van der Waals surface area contributed by atoms with Gasteiger partial charge in [-0.2, -0.15) is 0 Å². The molecule has 0 spiro atoms. The van der Waals surface area contributed by atoms with Crippen molar-refractivity contribution in [2.45, 2.75) is 70.9 Å². The highest BCUT2D eigenvalue weighted by Crippen LogP contribution is 2.27. The maximum absolute atomic E-state index is 11.7. The molecule has 0 radical (unpaired) electrons. The third kappa shape index (κ3) is 8.61. The number of rotatable bonds is 11. The van der Waals surface area contributed by atoms with Gasteiger partial charge < -0.3 is 24.3 Å². The number of esters is 1. The number of carbonyl (C=O) groups is 2. The standard InChI is InChI=1S/C17H31NO6/c1-5-6-9-18-14(19)7-8-15(20)22-12-16(21-4)24-13-10-17(2,3)23-11-13/h13,16H,5-12H2,1-4H3,(H,18,19). The molecule has 1 aliphatic heterocycles. The largest absolute Gasteiger partial charge is 0.460 e. The van der Waals surface area contributed by atoms with E-state index >= 15 is 0 Å². The van der Waals surface area contributed by atoms with Gasteiger partial charge in [0.05, 0.1) is 24.7 Å². The fourth-order valence-corrected chi connectivity index (χ4v) is 2.39. The molecule has 1 fully saturated rings. The minimum Gasteiger partial charge on any atom is -0.460 e. The van der Waals surface area contributed by atoms with Gasteiger partial charge in [-0.05, 0) is 20.3 Å². The second-order valence-corrected chi connectivity index (χ2v) is 6.58. The van der Waals surface area contributed by atoms with E-state index in [9.17, 15) is 9.59 Å². The van der Waals surface area contributed by atoms with Crippen molar-refractivity contribution in [1.29, 1.82) is 0 Å². The van der Waals surface area contributed by atoms with Crippen molar-refractivity contribution in [3.05, 3.63) is 0 Å². The van der Waals surface area contributed by atoms with Gasteiger partial charge in [0, 0.05) is 26.5 Å². The lowest BCUT2D eigenvalue weighted by atomic mass is 10.1. The predicted molar refractivity (Wildman–Crippen MR) is 88.4 cm³/mol. The van der Waals surface area contributed by atoms with Crippen LogP contribution in [0.3, 0.4) is 0 Å². The summed E-state index contributed by atoms with van der Waals surface area (Å²) in [5.74, 6) is -0.570. The zero-order chi connectivity index (χ0) is 18.0. The van der Waals surface area contributed by atoms with Crippen LogP contribution >= 0.6 is 0 Å². The van der Waals surface area contributed by atoms with Crippen molar-refractivity contribution >= 4 is 11.9 Å². The maximum Gasteiger partial charge on any atom is 0.306 e. The van der Waals surface area contributed by atoms with Gasteiger partial charge in [-0.15, -0.1) is 0 Å². The first kappa shape index (κ1) is 20.9. The predicted octanol–water partition coefficient (Wildman–Crippen LogP) is 1.78. The second kappa shape index (κ2) is 10.6. The fourth-order valence-electron chi connectivity index (χ4n) is 2.39. The number of carbonyl (C=O) groups excluding carboxylic acids is 2. The number of hydrogen-bond acceptors (Lipinski definition) is 6. The highest BCUT2D eigenvalue weighted by Gasteiger charge is 2.34. The van der Waals surface area contributed by atoms with Crippen molar-refractivity contribution in [1.82, 2.24) is 5.32 Å². The quantitative estimate of drug-likeness (QED) is 0.349. The molecule has 24 heavy (non-hydrogen) atoms. The monoisotopic (exact) mass is 345 g/mol. The van der Waals surface area contributed by atoms with Crippen molar-refractivity contribution in [2.75, 3.05) is 26.9 Å². The molecule has 1 amide bonds. The molecule has 7 heteroatoms. The maximum atomic E-state index is 11.7. The Morgan fingerprint density at radius 2 is 2.08 bits per heavy atom. The minimum atomic E-state index is -0.630. The van der Waals surface area contributed by atoms with Gasteiger partial charge in [0.25, 0.3) is 0 Å². The average molecular weight is 345 g/mol. The van der Waals surface area contributed by atoms with Gasteiger partial charge in [0.2, 0.25) is 5.91 Å². The van der Waals surface area contributed by atoms with Gasteiger partial charge >= 0.3 is 5.97 Å². The van der Waals surface area contributed by atoms with Crippen LogP contribution in [0.25, 0.3) is 0 Å². The molecule has 7 nitrogen and oxygen atoms in total. The molecular weight excluding hydrogens is 314 g/mol. The van der Waals surface area contributed by atoms with Crippen molar-refractivity contribution in [3.63, 3.8) is 0 Å². The molecule has 0 aromatic rings. The molecule has 0 bridgehead atoms. The molecule has 140 valence electrons. The van der Waals surface area contributed by atoms with Crippen LogP contribution in [0.5, 0.6) is 0 Å². The summed E-state index contributed by atoms with van der Waals surface area (Å²) in [5.41, 5.74) is -0.204. The van der Waals surface area contributed by atoms with E-state index in [1.807, 2.05) is 13.8 Å². The Kier molecular flexibility index (Phi) is 9.25. The van der Waals surface area contributed by atoms with Crippen LogP contribution in [0.2, 0.25) is 0 Å². The summed E-state index contributed by atoms with van der Waals surface area (Å²) in [6.45, 7) is 7.20. The Morgan fingerprint density at radius 3 is 2.67 bits per heavy atom. The molecule has 2 unspecified atom stereocenters. The second-order valence-electron chi connectivity index (χ2n) is 6.58. The minimum absolute atomic E-state index is 0.00369. The number of amides is 1. The normalized spacial score (nSPS) is 20.6. The van der Waals surface area contributed by atoms with Crippen molar-refractivity contribution in [2.24, 2.45) is 0 Å². The van der Waals surface area contributed by atoms with E-state index in [0.717, 1.165) is 19.3 Å². The van der Waals surface area contributed by atoms with E-state index in [0.29, 0.717) is 13.2 Å². The van der Waals surface area contributed by atoms with E-state index in [2.05, 4.69) is 12.2 Å². The van der Waals surface area contributed by atoms with Crippen molar-refractivity contribution in [3.8, 4) is 0 Å². The molecule has 2 atom stereocenters. The summed E-state index contributed by atoms with van der Waals surface area (Å²) in [6, 6.07) is 0. The Labute approximate surface area is 144 Å². The van der Waals surface area contributed by atoms with Crippen LogP contribution < -0.4 is 5.32 Å². The van der Waals surface area contributed by atoms with Gasteiger partial charge in [0.1, 0.15) is 6.61 Å². The molecule has 1 N–H and O–H groups in total. The molecule has 1 saturated heterocycles. The van der Waals surface area contributed by atoms with Gasteiger partial charge in [-0.1, -0.05) is 13.3 Å². The van der Waals surface area contributed by atoms with Crippen LogP contribution in [-0.4, -0.2) is 56.7 Å². The molecule has 0 aromatic carbocycles. The highest BCUT2D eigenvalue weighted by atomic mass is 16.7. The lowest BCUT2D eigenvalue weighted by Gasteiger charge is -2.20. The number of unbranched alkanes of at least 4 members (excludes halogenated alkanes) is 1. The van der Waals surface area contributed by atoms with E-state index in [1.165, 1.54) is 7.11 Å². The Morgan fingerprint density at radius 1 is 1.33 bits per heavy atom. The zero-order valence-corrected chi connectivity index (χ0v) is 15.3. The number of nitrogens with one attached hydrogen (secondary N) is 1. The number of hydrogen-bond donors (Lipinski definition) is 1. The lowest BCUT2D eigenvalue weighted by Crippen LogP contribution is -2.30. The molecule has 1 aliphatic rings. The summed E-state index contributed by atoms with van der Waals surface area (Å²) in [4.78, 5) is 23.2. The van der Waals surface area contributed by atoms with Crippen LogP contribution in [0.4, 0.5) is 0 Å². The van der Waals surface area contributed by atoms with Gasteiger partial charge in [0.15, 0.2) is 6.29 Å². The Hall–Kier alpha value is -1.18. The van der Waals surface area contributed by atoms with Gasteiger partial charge in [-0.3, -0.25) is 9.59 Å². The summed E-state index contributed by atoms with van der Waals surface area (Å²) < 4.78 is 21.6. The van der Waals surface area contributed by atoms with Crippen molar-refractivity contribution < 1.29 is 28.5 Å². The van der Waals surface area contributed by atoms with E-state index in [-0.39, 0.29) is 37.1 Å². The van der Waals surface area contributed by atoms with Gasteiger partial charge in [-0.25, -0.2) is 0 Å². The van der Waals surface area contributed by atoms with E-state index in [4.69, 9.17) is 18.9 Å². The summed E-state index contributed by atoms with van der Waals surface area (Å²) in [7, 11) is 1.50. The molecule has 0 aliphatic carbocycles. The third-order valence-corrected chi connectivity index (χ3v) is 3.78. The van der Waals surface area contributed by atoms with Crippen LogP contribution in [0, 0.1) is 0 Å². The molecule has 1 heterocycles. The zero-order valence-electron chi connectivity index (χ0n) is 15.3. The van der Waals surface area contributed by atoms with Crippen LogP contribution in [-0.2, 0) is 28.5 Å². The smallest absolute Gasteiger partial charge is 0.306 e. The SMILES string of the molecule is CCCCNC(=O)CCC(=O)OCC(OC)OC1COC(C)(C)C1. The molecule has 0 aromatic heterocycles. The molecule has 1 rings (SSSR count). The Bertz CT molecular complexity index is 399. The van der Waals surface area contributed by atoms with E-state index < -0.39 is 12.3 Å². The van der Waals surface area contributed by atoms with Crippen LogP contribution in [0.1, 0.15) is 52.9 Å². The third-order valence-electron chi connectivity index (χ3n) is 3.78. The summed E-state index contributed by atoms with van der Waals surface area (Å²) in [6.07, 6.45) is 2.19. The fraction of sp³-hybridized carbons (Fsp3) is 0.882. The molecular formula is C17H31NO6. The molecule has 0 saturated carbocycles. The summed E-state index contributed by atoms with van der Waals surface area (Å²) in [5, 5.41) is 2.76. The highest BCUT2D eigenvalue weighted by molar-refractivity contribution is 5.81. The summed E-state index contributed by atoms with van der Waals surface area (Å²) >= 11 is 0. The van der Waals surface area contributed by atoms with E-state index in [1.54, 1.807) is 0 Å². The van der Waals surface area contributed by atoms with Crippen LogP contribution in [0.15, 0.2) is 0 Å². The number of ether oxygens (including phenoxy) is 4. The average Bonchev–Trinajstić information content (AvgIpc) is 2.88. The lowest BCUT2D eigenvalue weighted by molar-refractivity contribution is -0.189. The first-order chi connectivity index (χ1) is 11.4. The first-order valence-electron chi connectivity index (χ1n) is 8.61. The Balaban J connectivity index is 2.18.